The van der Waals surface area contributed by atoms with Crippen LogP contribution in [-0.4, -0.2) is 81.5 Å². The maximum Gasteiger partial charge on any atom is 0.326 e. The summed E-state index contributed by atoms with van der Waals surface area (Å²) in [5.74, 6) is -5.09. The molecule has 1 aromatic heterocycles. The Bertz CT molecular complexity index is 1310. The Kier molecular flexibility index (Phi) is 13.4. The average molecular weight is 603 g/mol. The standard InChI is InChI=1S/C28H42N8O7/c1-3-15(2)23(29)26(41)35-19(9-6-12-32-28(30)31)24(39)34-20(10-11-22(37)38)25(40)36-21(27(42)43)13-16-14-33-18-8-5-4-7-17(16)18/h4-5,7-8,14-15,19-21,23,33H,3,6,9-13,29H2,1-2H3,(H,34,39)(H,35,41)(H,36,40)(H,37,38)(H,42,43)(H4,30,31,32). The van der Waals surface area contributed by atoms with Gasteiger partial charge in [0.05, 0.1) is 6.04 Å². The second kappa shape index (κ2) is 16.7. The van der Waals surface area contributed by atoms with Crippen LogP contribution in [-0.2, 0) is 30.4 Å². The molecule has 1 aromatic carbocycles. The number of rotatable bonds is 18. The molecule has 0 spiro atoms. The average Bonchev–Trinajstić information content (AvgIpc) is 3.37. The van der Waals surface area contributed by atoms with E-state index in [9.17, 15) is 34.2 Å². The minimum Gasteiger partial charge on any atom is -0.481 e. The van der Waals surface area contributed by atoms with Gasteiger partial charge in [0.15, 0.2) is 5.96 Å². The number of hydrogen-bond donors (Lipinski definition) is 9. The van der Waals surface area contributed by atoms with Crippen LogP contribution in [0.15, 0.2) is 35.5 Å². The molecule has 15 nitrogen and oxygen atoms in total. The molecule has 0 aliphatic carbocycles. The van der Waals surface area contributed by atoms with Crippen molar-refractivity contribution in [1.82, 2.24) is 20.9 Å². The number of amides is 3. The fraction of sp³-hybridized carbons (Fsp3) is 0.500. The zero-order valence-electron chi connectivity index (χ0n) is 24.3. The number of carboxylic acids is 2. The number of nitrogens with one attached hydrogen (secondary N) is 4. The van der Waals surface area contributed by atoms with Crippen LogP contribution in [0.2, 0.25) is 0 Å². The number of carbonyl (C=O) groups excluding carboxylic acids is 3. The molecule has 0 radical (unpaired) electrons. The Labute approximate surface area is 249 Å². The van der Waals surface area contributed by atoms with E-state index in [1.54, 1.807) is 19.2 Å². The summed E-state index contributed by atoms with van der Waals surface area (Å²) in [7, 11) is 0. The SMILES string of the molecule is CCC(C)C(N)C(=O)NC(CCCN=C(N)N)C(=O)NC(CCC(=O)O)C(=O)NC(Cc1c[nH]c2ccccc12)C(=O)O. The summed E-state index contributed by atoms with van der Waals surface area (Å²) in [5.41, 5.74) is 18.2. The topological polar surface area (TPSA) is 268 Å². The summed E-state index contributed by atoms with van der Waals surface area (Å²) < 4.78 is 0. The minimum absolute atomic E-state index is 0.0678. The molecule has 0 saturated heterocycles. The molecule has 236 valence electrons. The Morgan fingerprint density at radius 3 is 2.14 bits per heavy atom. The normalized spacial score (nSPS) is 14.5. The monoisotopic (exact) mass is 602 g/mol. The highest BCUT2D eigenvalue weighted by Gasteiger charge is 2.31. The first-order valence-corrected chi connectivity index (χ1v) is 14.1. The summed E-state index contributed by atoms with van der Waals surface area (Å²) >= 11 is 0. The molecule has 0 fully saturated rings. The van der Waals surface area contributed by atoms with Gasteiger partial charge in [-0.25, -0.2) is 4.79 Å². The van der Waals surface area contributed by atoms with Crippen LogP contribution >= 0.6 is 0 Å². The predicted molar refractivity (Wildman–Crippen MR) is 160 cm³/mol. The van der Waals surface area contributed by atoms with Crippen LogP contribution < -0.4 is 33.2 Å². The molecule has 2 rings (SSSR count). The number of nitrogens with zero attached hydrogens (tertiary/aromatic N) is 1. The second-order valence-electron chi connectivity index (χ2n) is 10.4. The molecule has 5 atom stereocenters. The van der Waals surface area contributed by atoms with Crippen LogP contribution in [0.3, 0.4) is 0 Å². The molecule has 3 amide bonds. The number of aromatic nitrogens is 1. The van der Waals surface area contributed by atoms with Crippen molar-refractivity contribution in [2.24, 2.45) is 28.1 Å². The van der Waals surface area contributed by atoms with Crippen molar-refractivity contribution in [3.8, 4) is 0 Å². The molecule has 0 aliphatic rings. The number of para-hydroxylation sites is 1. The van der Waals surface area contributed by atoms with E-state index in [-0.39, 0.29) is 44.1 Å². The smallest absolute Gasteiger partial charge is 0.326 e. The zero-order valence-corrected chi connectivity index (χ0v) is 24.3. The number of H-pyrrole nitrogens is 1. The number of carbonyl (C=O) groups is 5. The van der Waals surface area contributed by atoms with Gasteiger partial charge in [-0.15, -0.1) is 0 Å². The van der Waals surface area contributed by atoms with Gasteiger partial charge in [0, 0.05) is 36.5 Å². The third-order valence-electron chi connectivity index (χ3n) is 7.13. The molecule has 12 N–H and O–H groups in total. The quantitative estimate of drug-likeness (QED) is 0.0602. The van der Waals surface area contributed by atoms with Crippen molar-refractivity contribution in [1.29, 1.82) is 0 Å². The number of hydrogen-bond acceptors (Lipinski definition) is 7. The molecule has 0 bridgehead atoms. The molecule has 5 unspecified atom stereocenters. The van der Waals surface area contributed by atoms with Gasteiger partial charge in [0.1, 0.15) is 18.1 Å². The lowest BCUT2D eigenvalue weighted by atomic mass is 9.98. The fourth-order valence-corrected chi connectivity index (χ4v) is 4.35. The number of fused-ring (bicyclic) bond motifs is 1. The van der Waals surface area contributed by atoms with E-state index < -0.39 is 60.2 Å². The molecule has 0 aliphatic heterocycles. The largest absolute Gasteiger partial charge is 0.481 e. The van der Waals surface area contributed by atoms with Crippen LogP contribution in [0, 0.1) is 5.92 Å². The summed E-state index contributed by atoms with van der Waals surface area (Å²) in [6.07, 6.45) is 1.75. The Morgan fingerprint density at radius 1 is 0.930 bits per heavy atom. The Hall–Kier alpha value is -4.66. The van der Waals surface area contributed by atoms with Crippen LogP contribution in [0.5, 0.6) is 0 Å². The van der Waals surface area contributed by atoms with Crippen molar-refractivity contribution in [3.63, 3.8) is 0 Å². The second-order valence-corrected chi connectivity index (χ2v) is 10.4. The first kappa shape index (κ1) is 34.5. The number of aliphatic carboxylic acids is 2. The van der Waals surface area contributed by atoms with Crippen LogP contribution in [0.1, 0.15) is 51.5 Å². The Morgan fingerprint density at radius 2 is 1.53 bits per heavy atom. The molecular formula is C28H42N8O7. The minimum atomic E-state index is -1.41. The van der Waals surface area contributed by atoms with Gasteiger partial charge < -0.3 is 48.3 Å². The lowest BCUT2D eigenvalue weighted by Crippen LogP contribution is -2.57. The Balaban J connectivity index is 2.23. The van der Waals surface area contributed by atoms with Crippen molar-refractivity contribution in [3.05, 3.63) is 36.0 Å². The number of aliphatic imine (C=N–C) groups is 1. The summed E-state index contributed by atoms with van der Waals surface area (Å²) in [4.78, 5) is 69.7. The lowest BCUT2D eigenvalue weighted by Gasteiger charge is -2.26. The molecule has 15 heteroatoms. The first-order chi connectivity index (χ1) is 20.3. The van der Waals surface area contributed by atoms with Crippen molar-refractivity contribution < 1.29 is 34.2 Å². The van der Waals surface area contributed by atoms with Gasteiger partial charge >= 0.3 is 11.9 Å². The highest BCUT2D eigenvalue weighted by atomic mass is 16.4. The molecule has 43 heavy (non-hydrogen) atoms. The first-order valence-electron chi connectivity index (χ1n) is 14.1. The highest BCUT2D eigenvalue weighted by molar-refractivity contribution is 5.94. The van der Waals surface area contributed by atoms with E-state index in [1.807, 2.05) is 25.1 Å². The molecule has 2 aromatic rings. The third-order valence-corrected chi connectivity index (χ3v) is 7.13. The summed E-state index contributed by atoms with van der Waals surface area (Å²) in [6.45, 7) is 3.82. The fourth-order valence-electron chi connectivity index (χ4n) is 4.35. The van der Waals surface area contributed by atoms with Crippen LogP contribution in [0.4, 0.5) is 0 Å². The molecule has 1 heterocycles. The maximum absolute atomic E-state index is 13.4. The number of carboxylic acid groups (broad SMARTS) is 2. The van der Waals surface area contributed by atoms with Crippen molar-refractivity contribution in [2.75, 3.05) is 6.54 Å². The number of benzene rings is 1. The van der Waals surface area contributed by atoms with Gasteiger partial charge in [-0.3, -0.25) is 24.2 Å². The van der Waals surface area contributed by atoms with E-state index in [0.717, 1.165) is 10.9 Å². The molecule has 0 saturated carbocycles. The van der Waals surface area contributed by atoms with E-state index in [1.165, 1.54) is 0 Å². The van der Waals surface area contributed by atoms with E-state index in [4.69, 9.17) is 17.2 Å². The van der Waals surface area contributed by atoms with Crippen molar-refractivity contribution >= 4 is 46.5 Å². The summed E-state index contributed by atoms with van der Waals surface area (Å²) in [6, 6.07) is 2.42. The predicted octanol–water partition coefficient (Wildman–Crippen LogP) is -0.459. The van der Waals surface area contributed by atoms with E-state index in [2.05, 4.69) is 25.9 Å². The lowest BCUT2D eigenvalue weighted by molar-refractivity contribution is -0.143. The zero-order chi connectivity index (χ0) is 32.1. The molecular weight excluding hydrogens is 560 g/mol. The van der Waals surface area contributed by atoms with E-state index in [0.29, 0.717) is 12.0 Å². The van der Waals surface area contributed by atoms with Crippen LogP contribution in [0.25, 0.3) is 10.9 Å². The van der Waals surface area contributed by atoms with Gasteiger partial charge in [0.2, 0.25) is 17.7 Å². The summed E-state index contributed by atoms with van der Waals surface area (Å²) in [5, 5.41) is 27.4. The van der Waals surface area contributed by atoms with Gasteiger partial charge in [-0.05, 0) is 36.8 Å². The van der Waals surface area contributed by atoms with Crippen molar-refractivity contribution in [2.45, 2.75) is 76.5 Å². The third kappa shape index (κ3) is 10.9. The number of nitrogens with two attached hydrogens (primary N) is 3. The van der Waals surface area contributed by atoms with E-state index >= 15 is 0 Å². The highest BCUT2D eigenvalue weighted by Crippen LogP contribution is 2.19. The number of aromatic amines is 1. The number of guanidine groups is 1. The maximum atomic E-state index is 13.4. The van der Waals surface area contributed by atoms with Gasteiger partial charge in [0.25, 0.3) is 0 Å². The van der Waals surface area contributed by atoms with Gasteiger partial charge in [-0.1, -0.05) is 38.5 Å². The van der Waals surface area contributed by atoms with Gasteiger partial charge in [-0.2, -0.15) is 0 Å².